The summed E-state index contributed by atoms with van der Waals surface area (Å²) in [7, 11) is 0. The molecule has 1 saturated heterocycles. The minimum atomic E-state index is -0.857. The zero-order valence-electron chi connectivity index (χ0n) is 47.7. The van der Waals surface area contributed by atoms with E-state index >= 15 is 8.78 Å². The lowest BCUT2D eigenvalue weighted by Crippen LogP contribution is -2.54. The number of pyridine rings is 2. The van der Waals surface area contributed by atoms with Crippen molar-refractivity contribution in [2.75, 3.05) is 31.1 Å². The summed E-state index contributed by atoms with van der Waals surface area (Å²) in [5.41, 5.74) is 3.00. The van der Waals surface area contributed by atoms with Gasteiger partial charge in [0, 0.05) is 57.0 Å². The predicted molar refractivity (Wildman–Crippen MR) is 311 cm³/mol. The molecule has 0 bridgehead atoms. The molecular formula is C62H75F2N9O7S. The van der Waals surface area contributed by atoms with Crippen LogP contribution in [0, 0.1) is 42.7 Å². The number of aromatic nitrogens is 5. The van der Waals surface area contributed by atoms with E-state index in [2.05, 4.69) is 31.6 Å². The van der Waals surface area contributed by atoms with Crippen molar-refractivity contribution < 1.29 is 37.8 Å². The second kappa shape index (κ2) is 26.1. The number of amides is 3. The molecule has 4 aromatic heterocycles. The van der Waals surface area contributed by atoms with Crippen LogP contribution in [0.1, 0.15) is 128 Å². The van der Waals surface area contributed by atoms with E-state index in [0.717, 1.165) is 47.3 Å². The van der Waals surface area contributed by atoms with Crippen molar-refractivity contribution in [3.63, 3.8) is 0 Å². The fraction of sp³-hybridized carbons (Fsp3) is 0.468. The first-order valence-corrected chi connectivity index (χ1v) is 28.9. The van der Waals surface area contributed by atoms with Crippen molar-refractivity contribution in [2.45, 2.75) is 144 Å². The molecule has 0 radical (unpaired) electrons. The third kappa shape index (κ3) is 13.7. The number of anilines is 1. The van der Waals surface area contributed by atoms with Crippen LogP contribution in [-0.2, 0) is 25.7 Å². The molecule has 3 N–H and O–H groups in total. The Balaban J connectivity index is 0.865. The molecule has 1 aliphatic carbocycles. The molecule has 1 aliphatic heterocycles. The van der Waals surface area contributed by atoms with Crippen molar-refractivity contribution in [3.05, 3.63) is 124 Å². The number of piperazine rings is 1. The number of ketones is 1. The quantitative estimate of drug-likeness (QED) is 0.0430. The van der Waals surface area contributed by atoms with Crippen LogP contribution < -0.4 is 26.0 Å². The van der Waals surface area contributed by atoms with Crippen molar-refractivity contribution in [1.29, 1.82) is 0 Å². The second-order valence-corrected chi connectivity index (χ2v) is 23.8. The number of rotatable bonds is 22. The van der Waals surface area contributed by atoms with Gasteiger partial charge in [-0.05, 0) is 122 Å². The lowest BCUT2D eigenvalue weighted by atomic mass is 9.77. The number of carbonyl (C=O) groups is 4. The van der Waals surface area contributed by atoms with Crippen molar-refractivity contribution >= 4 is 51.9 Å². The number of hydrogen-bond donors (Lipinski definition) is 3. The highest BCUT2D eigenvalue weighted by Crippen LogP contribution is 2.39. The molecule has 1 unspecified atom stereocenters. The summed E-state index contributed by atoms with van der Waals surface area (Å²) >= 11 is 1.43. The highest BCUT2D eigenvalue weighted by Gasteiger charge is 2.47. The summed E-state index contributed by atoms with van der Waals surface area (Å²) in [6.45, 7) is 20.3. The van der Waals surface area contributed by atoms with Gasteiger partial charge in [-0.15, -0.1) is 0 Å². The Kier molecular flexibility index (Phi) is 19.3. The van der Waals surface area contributed by atoms with Crippen LogP contribution in [-0.4, -0.2) is 102 Å². The second-order valence-electron chi connectivity index (χ2n) is 23.0. The van der Waals surface area contributed by atoms with Crippen LogP contribution in [0.25, 0.3) is 38.4 Å². The molecule has 2 aromatic carbocycles. The van der Waals surface area contributed by atoms with E-state index in [-0.39, 0.29) is 102 Å². The zero-order valence-corrected chi connectivity index (χ0v) is 48.5. The molecule has 19 heteroatoms. The molecule has 2 aliphatic rings. The fourth-order valence-corrected chi connectivity index (χ4v) is 11.9. The number of Topliss-reactive ketones (excluding diaryl/α,β-unsaturated/α-hetero) is 1. The number of nitrogens with zero attached hydrogens (tertiary/aromatic N) is 7. The first-order valence-electron chi connectivity index (χ1n) is 28.1. The lowest BCUT2D eigenvalue weighted by Gasteiger charge is -2.40. The van der Waals surface area contributed by atoms with Gasteiger partial charge in [0.05, 0.1) is 51.9 Å². The maximum Gasteiger partial charge on any atom is 0.355 e. The maximum absolute atomic E-state index is 16.8. The summed E-state index contributed by atoms with van der Waals surface area (Å²) < 4.78 is 44.7. The number of hydrogen-bond acceptors (Lipinski definition) is 13. The molecule has 81 heavy (non-hydrogen) atoms. The summed E-state index contributed by atoms with van der Waals surface area (Å²) in [6, 6.07) is 14.0. The first-order chi connectivity index (χ1) is 38.7. The number of aryl methyl sites for hydroxylation is 2. The highest BCUT2D eigenvalue weighted by atomic mass is 32.1. The van der Waals surface area contributed by atoms with Gasteiger partial charge in [-0.25, -0.2) is 27.5 Å². The van der Waals surface area contributed by atoms with Crippen LogP contribution in [0.2, 0.25) is 0 Å². The van der Waals surface area contributed by atoms with Crippen molar-refractivity contribution in [3.8, 4) is 33.1 Å². The number of benzene rings is 2. The molecule has 2 fully saturated rings. The van der Waals surface area contributed by atoms with E-state index in [1.807, 2.05) is 90.8 Å². The van der Waals surface area contributed by atoms with Gasteiger partial charge in [-0.1, -0.05) is 97.2 Å². The summed E-state index contributed by atoms with van der Waals surface area (Å²) in [5.74, 6) is -3.96. The number of ether oxygens (including phenoxy) is 1. The Morgan fingerprint density at radius 3 is 2.32 bits per heavy atom. The molecule has 430 valence electrons. The average Bonchev–Trinajstić information content (AvgIpc) is 4.12. The van der Waals surface area contributed by atoms with Crippen LogP contribution in [0.15, 0.2) is 84.4 Å². The molecule has 0 spiro atoms. The molecule has 5 atom stereocenters. The molecule has 8 rings (SSSR count). The van der Waals surface area contributed by atoms with Gasteiger partial charge in [0.25, 0.3) is 0 Å². The van der Waals surface area contributed by atoms with Gasteiger partial charge in [0.15, 0.2) is 17.2 Å². The van der Waals surface area contributed by atoms with E-state index in [1.54, 1.807) is 23.2 Å². The standard InChI is InChI=1S/C62H75F2N9O7S/c1-10-50(76)71-27-28-72(39(6)35-71)58-45-32-47(64)53(69-59(45)73(61(79)70-58)54-37(4)25-26-65-52(54)36(2)3)51-46(63)18-17-19-48(51)80-29-16-14-12-11-13-15-20-49(75)68-57(62(7,8)9)55(77)43-30-42(74)31-44(43)60(78)66-34-40-21-23-41(24-22-40)56-38(5)33-67-81-56/h10,17-19,21-26,32-33,36,39,42-44,57,74H,1,11-16,20,27-31,34-35H2,2-9H3,(H,66,78)(H,68,75)/t39-,42-,43?,44+,57+/m0/s1. The smallest absolute Gasteiger partial charge is 0.355 e. The van der Waals surface area contributed by atoms with Crippen molar-refractivity contribution in [2.24, 2.45) is 17.3 Å². The predicted octanol–water partition coefficient (Wildman–Crippen LogP) is 10.1. The maximum atomic E-state index is 16.8. The monoisotopic (exact) mass is 1130 g/mol. The number of unbranched alkanes of at least 4 members (excludes halogenated alkanes) is 5. The lowest BCUT2D eigenvalue weighted by molar-refractivity contribution is -0.137. The minimum absolute atomic E-state index is 0.0578. The number of carbonyl (C=O) groups excluding carboxylic acids is 4. The van der Waals surface area contributed by atoms with E-state index in [0.29, 0.717) is 49.4 Å². The Morgan fingerprint density at radius 1 is 0.926 bits per heavy atom. The van der Waals surface area contributed by atoms with Crippen LogP contribution in [0.3, 0.4) is 0 Å². The van der Waals surface area contributed by atoms with Gasteiger partial charge < -0.3 is 30.3 Å². The van der Waals surface area contributed by atoms with E-state index < -0.39 is 46.7 Å². The van der Waals surface area contributed by atoms with Gasteiger partial charge in [0.2, 0.25) is 17.7 Å². The SMILES string of the molecule is C=CC(=O)N1CCN(c2nc(=O)n(-c3c(C)ccnc3C(C)C)c3nc(-c4c(F)cccc4OCCCCCCCCC(=O)N[C@H](C(=O)C4C[C@H](O)C[C@H]4C(=O)NCc4ccc(-c5sncc5C)cc4)C(C)(C)C)c(F)cc23)[C@@H](C)C1. The zero-order chi connectivity index (χ0) is 58.3. The number of aliphatic hydroxyl groups excluding tert-OH is 1. The number of fused-ring (bicyclic) bond motifs is 1. The average molecular weight is 1130 g/mol. The molecule has 3 amide bonds. The van der Waals surface area contributed by atoms with Crippen LogP contribution in [0.4, 0.5) is 14.6 Å². The molecule has 5 heterocycles. The van der Waals surface area contributed by atoms with Gasteiger partial charge in [-0.3, -0.25) is 24.2 Å². The van der Waals surface area contributed by atoms with Crippen LogP contribution >= 0.6 is 11.5 Å². The van der Waals surface area contributed by atoms with Crippen molar-refractivity contribution in [1.82, 2.24) is 39.4 Å². The molecular weight excluding hydrogens is 1050 g/mol. The largest absolute Gasteiger partial charge is 0.493 e. The highest BCUT2D eigenvalue weighted by molar-refractivity contribution is 7.09. The first kappa shape index (κ1) is 59.9. The summed E-state index contributed by atoms with van der Waals surface area (Å²) in [5, 5.41) is 16.9. The Labute approximate surface area is 476 Å². The van der Waals surface area contributed by atoms with Gasteiger partial charge in [-0.2, -0.15) is 4.98 Å². The molecule has 16 nitrogen and oxygen atoms in total. The summed E-state index contributed by atoms with van der Waals surface area (Å²) in [4.78, 5) is 86.7. The van der Waals surface area contributed by atoms with Crippen LogP contribution in [0.5, 0.6) is 5.75 Å². The Morgan fingerprint density at radius 2 is 1.64 bits per heavy atom. The fourth-order valence-electron chi connectivity index (χ4n) is 11.2. The van der Waals surface area contributed by atoms with E-state index in [1.165, 1.54) is 40.4 Å². The minimum Gasteiger partial charge on any atom is -0.493 e. The topological polar surface area (TPSA) is 202 Å². The van der Waals surface area contributed by atoms with Gasteiger partial charge >= 0.3 is 5.69 Å². The third-order valence-electron chi connectivity index (χ3n) is 15.5. The van der Waals surface area contributed by atoms with E-state index in [4.69, 9.17) is 9.72 Å². The molecule has 1 saturated carbocycles. The number of aliphatic hydroxyl groups is 1. The normalized spacial score (nSPS) is 17.8. The Hall–Kier alpha value is -7.25. The molecule has 6 aromatic rings. The Bertz CT molecular complexity index is 3340. The van der Waals surface area contributed by atoms with E-state index in [9.17, 15) is 29.1 Å². The number of halogens is 2. The third-order valence-corrected chi connectivity index (χ3v) is 16.5. The van der Waals surface area contributed by atoms with Gasteiger partial charge in [0.1, 0.15) is 23.1 Å². The summed E-state index contributed by atoms with van der Waals surface area (Å²) in [6.07, 6.45) is 8.84. The number of nitrogens with one attached hydrogen (secondary N) is 2.